The Labute approximate surface area is 122 Å². The lowest BCUT2D eigenvalue weighted by Crippen LogP contribution is -2.03. The van der Waals surface area contributed by atoms with Gasteiger partial charge in [0.1, 0.15) is 5.16 Å². The molecule has 0 amide bonds. The zero-order valence-electron chi connectivity index (χ0n) is 9.52. The molecule has 2 heterocycles. The van der Waals surface area contributed by atoms with E-state index in [9.17, 15) is 0 Å². The number of aryl methyl sites for hydroxylation is 1. The van der Waals surface area contributed by atoms with Gasteiger partial charge in [0.2, 0.25) is 0 Å². The molecule has 2 rings (SSSR count). The van der Waals surface area contributed by atoms with Crippen molar-refractivity contribution in [2.45, 2.75) is 0 Å². The van der Waals surface area contributed by atoms with E-state index in [2.05, 4.69) is 32.6 Å². The van der Waals surface area contributed by atoms with Crippen LogP contribution in [-0.4, -0.2) is 15.5 Å². The number of halogens is 2. The maximum atomic E-state index is 6.01. The highest BCUT2D eigenvalue weighted by Crippen LogP contribution is 2.32. The molecule has 2 aromatic heterocycles. The summed E-state index contributed by atoms with van der Waals surface area (Å²) in [5, 5.41) is 6.24. The molecule has 7 heteroatoms. The number of rotatable bonds is 3. The van der Waals surface area contributed by atoms with E-state index < -0.39 is 0 Å². The van der Waals surface area contributed by atoms with Crippen molar-refractivity contribution in [2.24, 2.45) is 12.0 Å². The first-order chi connectivity index (χ1) is 8.49. The average Bonchev–Trinajstić information content (AvgIpc) is 2.85. The Morgan fingerprint density at radius 1 is 1.67 bits per heavy atom. The molecule has 18 heavy (non-hydrogen) atoms. The summed E-state index contributed by atoms with van der Waals surface area (Å²) in [7, 11) is 1.84. The Hall–Kier alpha value is -1.11. The highest BCUT2D eigenvalue weighted by Gasteiger charge is 2.16. The van der Waals surface area contributed by atoms with Crippen LogP contribution in [0.4, 0.5) is 5.69 Å². The zero-order valence-corrected chi connectivity index (χ0v) is 12.7. The van der Waals surface area contributed by atoms with Crippen LogP contribution in [0.3, 0.4) is 0 Å². The molecule has 94 valence electrons. The first kappa shape index (κ1) is 13.3. The minimum absolute atomic E-state index is 0.206. The van der Waals surface area contributed by atoms with E-state index in [1.165, 1.54) is 11.3 Å². The quantitative estimate of drug-likeness (QED) is 0.685. The van der Waals surface area contributed by atoms with Gasteiger partial charge in [-0.05, 0) is 15.9 Å². The van der Waals surface area contributed by atoms with Gasteiger partial charge in [0.05, 0.1) is 26.9 Å². The van der Waals surface area contributed by atoms with Crippen LogP contribution in [0.25, 0.3) is 0 Å². The molecule has 0 saturated carbocycles. The van der Waals surface area contributed by atoms with Crippen molar-refractivity contribution >= 4 is 50.3 Å². The molecule has 0 aromatic carbocycles. The summed E-state index contributed by atoms with van der Waals surface area (Å²) in [6.07, 6.45) is 3.57. The number of thiophene rings is 1. The van der Waals surface area contributed by atoms with Crippen molar-refractivity contribution in [3.63, 3.8) is 0 Å². The van der Waals surface area contributed by atoms with E-state index in [0.717, 1.165) is 14.9 Å². The maximum Gasteiger partial charge on any atom is 0.122 e. The predicted molar refractivity (Wildman–Crippen MR) is 80.3 cm³/mol. The minimum Gasteiger partial charge on any atom is -0.397 e. The summed E-state index contributed by atoms with van der Waals surface area (Å²) in [6.45, 7) is 3.59. The van der Waals surface area contributed by atoms with Crippen LogP contribution in [-0.2, 0) is 7.05 Å². The van der Waals surface area contributed by atoms with Gasteiger partial charge in [-0.1, -0.05) is 18.2 Å². The molecule has 0 bridgehead atoms. The molecule has 0 fully saturated rings. The van der Waals surface area contributed by atoms with Gasteiger partial charge in [-0.15, -0.1) is 11.3 Å². The molecular weight excluding hydrogens is 336 g/mol. The second-order valence-corrected chi connectivity index (χ2v) is 5.74. The van der Waals surface area contributed by atoms with Crippen LogP contribution >= 0.6 is 38.9 Å². The summed E-state index contributed by atoms with van der Waals surface area (Å²) < 4.78 is 2.54. The predicted octanol–water partition coefficient (Wildman–Crippen LogP) is 3.37. The molecule has 2 N–H and O–H groups in total. The molecular formula is C11H10BrClN4S. The molecule has 0 aliphatic rings. The van der Waals surface area contributed by atoms with Gasteiger partial charge in [0, 0.05) is 24.2 Å². The van der Waals surface area contributed by atoms with Gasteiger partial charge in [-0.3, -0.25) is 4.68 Å². The Morgan fingerprint density at radius 3 is 2.83 bits per heavy atom. The van der Waals surface area contributed by atoms with E-state index in [1.54, 1.807) is 10.9 Å². The van der Waals surface area contributed by atoms with E-state index >= 15 is 0 Å². The first-order valence-electron chi connectivity index (χ1n) is 4.94. The van der Waals surface area contributed by atoms with Gasteiger partial charge < -0.3 is 5.73 Å². The first-order valence-corrected chi connectivity index (χ1v) is 6.99. The fourth-order valence-electron chi connectivity index (χ4n) is 1.44. The third kappa shape index (κ3) is 2.66. The number of nitrogen functional groups attached to an aromatic ring is 1. The number of aliphatic imine (C=N–C) groups is 1. The molecule has 0 radical (unpaired) electrons. The van der Waals surface area contributed by atoms with Crippen molar-refractivity contribution in [3.05, 3.63) is 44.4 Å². The number of anilines is 1. The third-order valence-electron chi connectivity index (χ3n) is 2.21. The number of nitrogens with two attached hydrogens (primary N) is 1. The van der Waals surface area contributed by atoms with Crippen molar-refractivity contribution in [2.75, 3.05) is 5.73 Å². The lowest BCUT2D eigenvalue weighted by Gasteiger charge is -2.03. The van der Waals surface area contributed by atoms with Gasteiger partial charge >= 0.3 is 0 Å². The third-order valence-corrected chi connectivity index (χ3v) is 4.25. The number of hydrogen-bond acceptors (Lipinski definition) is 4. The van der Waals surface area contributed by atoms with Crippen molar-refractivity contribution in [1.82, 2.24) is 9.78 Å². The van der Waals surface area contributed by atoms with E-state index in [-0.39, 0.29) is 5.16 Å². The maximum absolute atomic E-state index is 6.01. The lowest BCUT2D eigenvalue weighted by molar-refractivity contribution is 0.767. The molecule has 0 unspecified atom stereocenters. The second kappa shape index (κ2) is 5.26. The topological polar surface area (TPSA) is 56.2 Å². The smallest absolute Gasteiger partial charge is 0.122 e. The van der Waals surface area contributed by atoms with Crippen LogP contribution < -0.4 is 5.73 Å². The van der Waals surface area contributed by atoms with Crippen LogP contribution in [0, 0.1) is 0 Å². The standard InChI is InChI=1S/C11H10BrClN4S/c1-6(13)16-10(7-3-15-17(2)4-7)11-9(14)8(12)5-18-11/h3-5H,1,14H2,2H3/b16-10-. The highest BCUT2D eigenvalue weighted by molar-refractivity contribution is 9.10. The summed E-state index contributed by atoms with van der Waals surface area (Å²) >= 11 is 10.7. The van der Waals surface area contributed by atoms with Crippen molar-refractivity contribution in [1.29, 1.82) is 0 Å². The van der Waals surface area contributed by atoms with E-state index in [0.29, 0.717) is 11.4 Å². The average molecular weight is 346 g/mol. The Balaban J connectivity index is 2.57. The molecule has 0 aliphatic carbocycles. The molecule has 0 saturated heterocycles. The summed E-state index contributed by atoms with van der Waals surface area (Å²) in [5.41, 5.74) is 8.17. The van der Waals surface area contributed by atoms with Gasteiger partial charge in [-0.2, -0.15) is 5.10 Å². The van der Waals surface area contributed by atoms with Crippen LogP contribution in [0.2, 0.25) is 0 Å². The minimum atomic E-state index is 0.206. The SMILES string of the molecule is C=C(Cl)/N=C(/c1cnn(C)c1)c1scc(Br)c1N. The largest absolute Gasteiger partial charge is 0.397 e. The Morgan fingerprint density at radius 2 is 2.39 bits per heavy atom. The zero-order chi connectivity index (χ0) is 13.3. The van der Waals surface area contributed by atoms with Crippen LogP contribution in [0.5, 0.6) is 0 Å². The summed E-state index contributed by atoms with van der Waals surface area (Å²) in [5.74, 6) is 0. The van der Waals surface area contributed by atoms with Gasteiger partial charge in [0.15, 0.2) is 0 Å². The fraction of sp³-hybridized carbons (Fsp3) is 0.0909. The fourth-order valence-corrected chi connectivity index (χ4v) is 3.00. The van der Waals surface area contributed by atoms with Crippen LogP contribution in [0.15, 0.2) is 39.0 Å². The van der Waals surface area contributed by atoms with E-state index in [1.807, 2.05) is 18.6 Å². The lowest BCUT2D eigenvalue weighted by atomic mass is 10.1. The van der Waals surface area contributed by atoms with E-state index in [4.69, 9.17) is 17.3 Å². The van der Waals surface area contributed by atoms with Crippen LogP contribution in [0.1, 0.15) is 10.4 Å². The summed E-state index contributed by atoms with van der Waals surface area (Å²) in [6, 6.07) is 0. The number of nitrogens with zero attached hydrogens (tertiary/aromatic N) is 3. The molecule has 2 aromatic rings. The Kier molecular flexibility index (Phi) is 3.89. The second-order valence-electron chi connectivity index (χ2n) is 3.57. The molecule has 0 aliphatic heterocycles. The normalized spacial score (nSPS) is 11.8. The highest BCUT2D eigenvalue weighted by atomic mass is 79.9. The van der Waals surface area contributed by atoms with Crippen molar-refractivity contribution in [3.8, 4) is 0 Å². The van der Waals surface area contributed by atoms with Gasteiger partial charge in [-0.25, -0.2) is 4.99 Å². The summed E-state index contributed by atoms with van der Waals surface area (Å²) in [4.78, 5) is 5.09. The molecule has 0 atom stereocenters. The number of hydrogen-bond donors (Lipinski definition) is 1. The molecule has 4 nitrogen and oxygen atoms in total. The molecule has 0 spiro atoms. The Bertz CT molecular complexity index is 629. The van der Waals surface area contributed by atoms with Crippen molar-refractivity contribution < 1.29 is 0 Å². The number of aromatic nitrogens is 2. The monoisotopic (exact) mass is 344 g/mol. The van der Waals surface area contributed by atoms with Gasteiger partial charge in [0.25, 0.3) is 0 Å².